The van der Waals surface area contributed by atoms with E-state index < -0.39 is 0 Å². The van der Waals surface area contributed by atoms with Crippen LogP contribution in [0.4, 0.5) is 0 Å². The molecule has 1 aromatic heterocycles. The third-order valence-electron chi connectivity index (χ3n) is 5.86. The predicted octanol–water partition coefficient (Wildman–Crippen LogP) is 2.92. The van der Waals surface area contributed by atoms with Crippen LogP contribution in [-0.4, -0.2) is 51.4 Å². The highest BCUT2D eigenvalue weighted by Gasteiger charge is 2.31. The van der Waals surface area contributed by atoms with Gasteiger partial charge < -0.3 is 9.47 Å². The smallest absolute Gasteiger partial charge is 0.225 e. The Kier molecular flexibility index (Phi) is 6.15. The summed E-state index contributed by atoms with van der Waals surface area (Å²) in [5.41, 5.74) is 0. The van der Waals surface area contributed by atoms with Crippen molar-refractivity contribution in [3.05, 3.63) is 18.2 Å². The van der Waals surface area contributed by atoms with Crippen molar-refractivity contribution in [2.75, 3.05) is 26.2 Å². The molecule has 0 spiro atoms. The standard InChI is InChI=1S/C20H34N4O/c1-16(2)13-17-5-4-9-24(14-17)20(25)18-6-10-23(11-7-18)15-19-21-8-12-22(19)3/h8,12,16-18H,4-7,9-11,13-15H2,1-3H3. The minimum absolute atomic E-state index is 0.232. The van der Waals surface area contributed by atoms with Gasteiger partial charge in [0.2, 0.25) is 5.91 Å². The Bertz CT molecular complexity index is 560. The van der Waals surface area contributed by atoms with Crippen molar-refractivity contribution in [1.29, 1.82) is 0 Å². The fourth-order valence-electron chi connectivity index (χ4n) is 4.47. The molecule has 3 rings (SSSR count). The summed E-state index contributed by atoms with van der Waals surface area (Å²) in [4.78, 5) is 22.0. The average molecular weight is 347 g/mol. The van der Waals surface area contributed by atoms with Crippen molar-refractivity contribution in [1.82, 2.24) is 19.4 Å². The van der Waals surface area contributed by atoms with Crippen molar-refractivity contribution in [2.24, 2.45) is 24.8 Å². The second kappa shape index (κ2) is 8.35. The Morgan fingerprint density at radius 3 is 2.64 bits per heavy atom. The summed E-state index contributed by atoms with van der Waals surface area (Å²) in [7, 11) is 2.04. The molecule has 0 aromatic carbocycles. The van der Waals surface area contributed by atoms with E-state index in [1.54, 1.807) is 0 Å². The molecule has 0 aliphatic carbocycles. The van der Waals surface area contributed by atoms with Gasteiger partial charge in [-0.15, -0.1) is 0 Å². The lowest BCUT2D eigenvalue weighted by Crippen LogP contribution is -2.46. The number of carbonyl (C=O) groups is 1. The minimum Gasteiger partial charge on any atom is -0.342 e. The number of piperidine rings is 2. The number of nitrogens with zero attached hydrogens (tertiary/aromatic N) is 4. The van der Waals surface area contributed by atoms with Crippen molar-refractivity contribution in [3.63, 3.8) is 0 Å². The normalized spacial score (nSPS) is 23.4. The largest absolute Gasteiger partial charge is 0.342 e. The second-order valence-electron chi connectivity index (χ2n) is 8.43. The number of likely N-dealkylation sites (tertiary alicyclic amines) is 2. The van der Waals surface area contributed by atoms with Gasteiger partial charge >= 0.3 is 0 Å². The molecule has 0 radical (unpaired) electrons. The summed E-state index contributed by atoms with van der Waals surface area (Å²) in [6.45, 7) is 9.45. The molecule has 2 saturated heterocycles. The minimum atomic E-state index is 0.232. The van der Waals surface area contributed by atoms with Gasteiger partial charge in [-0.05, 0) is 57.0 Å². The van der Waals surface area contributed by atoms with Crippen LogP contribution in [0.25, 0.3) is 0 Å². The van der Waals surface area contributed by atoms with E-state index in [0.29, 0.717) is 11.8 Å². The van der Waals surface area contributed by atoms with E-state index in [2.05, 4.69) is 33.2 Å². The molecule has 1 aromatic rings. The van der Waals surface area contributed by atoms with Crippen LogP contribution in [0.2, 0.25) is 0 Å². The van der Waals surface area contributed by atoms with Crippen molar-refractivity contribution in [3.8, 4) is 0 Å². The molecule has 5 heteroatoms. The Morgan fingerprint density at radius 2 is 2.00 bits per heavy atom. The molecule has 2 aliphatic rings. The summed E-state index contributed by atoms with van der Waals surface area (Å²) in [5.74, 6) is 3.20. The van der Waals surface area contributed by atoms with Gasteiger partial charge in [-0.3, -0.25) is 9.69 Å². The van der Waals surface area contributed by atoms with Gasteiger partial charge in [0, 0.05) is 38.4 Å². The number of hydrogen-bond donors (Lipinski definition) is 0. The highest BCUT2D eigenvalue weighted by molar-refractivity contribution is 5.79. The number of aromatic nitrogens is 2. The molecule has 2 aliphatic heterocycles. The third-order valence-corrected chi connectivity index (χ3v) is 5.86. The van der Waals surface area contributed by atoms with E-state index in [-0.39, 0.29) is 5.92 Å². The molecular weight excluding hydrogens is 312 g/mol. The van der Waals surface area contributed by atoms with E-state index >= 15 is 0 Å². The maximum Gasteiger partial charge on any atom is 0.225 e. The SMILES string of the molecule is CC(C)CC1CCCN(C(=O)C2CCN(Cc3nccn3C)CC2)C1. The number of hydrogen-bond acceptors (Lipinski definition) is 3. The quantitative estimate of drug-likeness (QED) is 0.823. The van der Waals surface area contributed by atoms with Crippen LogP contribution >= 0.6 is 0 Å². The fourth-order valence-corrected chi connectivity index (χ4v) is 4.47. The van der Waals surface area contributed by atoms with Crippen LogP contribution in [0.5, 0.6) is 0 Å². The first-order valence-corrected chi connectivity index (χ1v) is 10.00. The summed E-state index contributed by atoms with van der Waals surface area (Å²) >= 11 is 0. The van der Waals surface area contributed by atoms with Crippen molar-refractivity contribution < 1.29 is 4.79 Å². The third kappa shape index (κ3) is 4.84. The van der Waals surface area contributed by atoms with Crippen LogP contribution in [0, 0.1) is 17.8 Å². The first-order valence-electron chi connectivity index (χ1n) is 10.00. The fraction of sp³-hybridized carbons (Fsp3) is 0.800. The van der Waals surface area contributed by atoms with Crippen LogP contribution in [-0.2, 0) is 18.4 Å². The molecule has 5 nitrogen and oxygen atoms in total. The molecule has 0 bridgehead atoms. The van der Waals surface area contributed by atoms with Gasteiger partial charge in [0.25, 0.3) is 0 Å². The zero-order valence-electron chi connectivity index (χ0n) is 16.2. The summed E-state index contributed by atoms with van der Waals surface area (Å²) in [6.07, 6.45) is 9.57. The number of aryl methyl sites for hydroxylation is 1. The highest BCUT2D eigenvalue weighted by Crippen LogP contribution is 2.27. The van der Waals surface area contributed by atoms with Gasteiger partial charge in [-0.25, -0.2) is 4.98 Å². The molecule has 1 amide bonds. The Hall–Kier alpha value is -1.36. The van der Waals surface area contributed by atoms with E-state index in [1.165, 1.54) is 19.3 Å². The number of rotatable bonds is 5. The maximum atomic E-state index is 13.0. The number of carbonyl (C=O) groups excluding carboxylic acids is 1. The molecule has 2 fully saturated rings. The molecule has 25 heavy (non-hydrogen) atoms. The molecule has 0 N–H and O–H groups in total. The van der Waals surface area contributed by atoms with Gasteiger partial charge in [-0.1, -0.05) is 13.8 Å². The van der Waals surface area contributed by atoms with Gasteiger partial charge in [-0.2, -0.15) is 0 Å². The lowest BCUT2D eigenvalue weighted by Gasteiger charge is -2.38. The highest BCUT2D eigenvalue weighted by atomic mass is 16.2. The second-order valence-corrected chi connectivity index (χ2v) is 8.43. The van der Waals surface area contributed by atoms with E-state index in [1.807, 2.05) is 19.4 Å². The van der Waals surface area contributed by atoms with E-state index in [4.69, 9.17) is 0 Å². The summed E-state index contributed by atoms with van der Waals surface area (Å²) in [6, 6.07) is 0. The Labute approximate surface area is 152 Å². The van der Waals surface area contributed by atoms with Crippen LogP contribution in [0.15, 0.2) is 12.4 Å². The zero-order chi connectivity index (χ0) is 17.8. The lowest BCUT2D eigenvalue weighted by molar-refractivity contribution is -0.139. The van der Waals surface area contributed by atoms with Gasteiger partial charge in [0.15, 0.2) is 0 Å². The first-order chi connectivity index (χ1) is 12.0. The molecular formula is C20H34N4O. The molecule has 1 unspecified atom stereocenters. The number of imidazole rings is 1. The van der Waals surface area contributed by atoms with E-state index in [9.17, 15) is 4.79 Å². The Morgan fingerprint density at radius 1 is 1.24 bits per heavy atom. The molecule has 3 heterocycles. The van der Waals surface area contributed by atoms with Gasteiger partial charge in [0.05, 0.1) is 6.54 Å². The topological polar surface area (TPSA) is 41.4 Å². The van der Waals surface area contributed by atoms with Crippen LogP contribution < -0.4 is 0 Å². The average Bonchev–Trinajstić information content (AvgIpc) is 2.99. The summed E-state index contributed by atoms with van der Waals surface area (Å²) in [5, 5.41) is 0. The number of amides is 1. The molecule has 140 valence electrons. The monoisotopic (exact) mass is 346 g/mol. The van der Waals surface area contributed by atoms with Gasteiger partial charge in [0.1, 0.15) is 5.82 Å². The van der Waals surface area contributed by atoms with Crippen molar-refractivity contribution in [2.45, 2.75) is 52.5 Å². The summed E-state index contributed by atoms with van der Waals surface area (Å²) < 4.78 is 2.08. The van der Waals surface area contributed by atoms with Crippen LogP contribution in [0.3, 0.4) is 0 Å². The molecule has 0 saturated carbocycles. The van der Waals surface area contributed by atoms with Crippen LogP contribution in [0.1, 0.15) is 51.8 Å². The van der Waals surface area contributed by atoms with Crippen molar-refractivity contribution >= 4 is 5.91 Å². The Balaban J connectivity index is 1.47. The zero-order valence-corrected chi connectivity index (χ0v) is 16.2. The lowest BCUT2D eigenvalue weighted by atomic mass is 9.88. The molecule has 1 atom stereocenters. The maximum absolute atomic E-state index is 13.0. The first kappa shape index (κ1) is 18.4. The predicted molar refractivity (Wildman–Crippen MR) is 100.0 cm³/mol. The van der Waals surface area contributed by atoms with E-state index in [0.717, 1.165) is 57.3 Å².